The molecular formula is C19H16ClN5OS. The van der Waals surface area contributed by atoms with Crippen molar-refractivity contribution in [3.63, 3.8) is 0 Å². The average Bonchev–Trinajstić information content (AvgIpc) is 3.12. The number of thioether (sulfide) groups is 1. The van der Waals surface area contributed by atoms with Crippen LogP contribution in [0.25, 0.3) is 16.6 Å². The molecular weight excluding hydrogens is 382 g/mol. The van der Waals surface area contributed by atoms with Crippen LogP contribution >= 0.6 is 23.4 Å². The van der Waals surface area contributed by atoms with E-state index in [1.54, 1.807) is 12.4 Å². The van der Waals surface area contributed by atoms with Crippen LogP contribution in [0.5, 0.6) is 0 Å². The van der Waals surface area contributed by atoms with Gasteiger partial charge in [-0.1, -0.05) is 41.6 Å². The fraction of sp³-hybridized carbons (Fsp3) is 0.158. The van der Waals surface area contributed by atoms with E-state index in [1.807, 2.05) is 54.8 Å². The highest BCUT2D eigenvalue weighted by Gasteiger charge is 2.17. The number of halogens is 1. The first-order valence-electron chi connectivity index (χ1n) is 8.35. The molecule has 2 heterocycles. The second-order valence-corrected chi connectivity index (χ2v) is 7.86. The number of rotatable bonds is 4. The highest BCUT2D eigenvalue weighted by molar-refractivity contribution is 7.99. The second-order valence-electron chi connectivity index (χ2n) is 6.15. The van der Waals surface area contributed by atoms with E-state index in [2.05, 4.69) is 20.2 Å². The summed E-state index contributed by atoms with van der Waals surface area (Å²) in [6.07, 6.45) is 1.65. The summed E-state index contributed by atoms with van der Waals surface area (Å²) in [5, 5.41) is 10.1. The maximum absolute atomic E-state index is 12.3. The maximum atomic E-state index is 12.3. The normalized spacial score (nSPS) is 12.4. The van der Waals surface area contributed by atoms with Crippen molar-refractivity contribution in [1.29, 1.82) is 0 Å². The van der Waals surface area contributed by atoms with Crippen molar-refractivity contribution in [2.75, 3.05) is 0 Å². The molecule has 2 aromatic heterocycles. The summed E-state index contributed by atoms with van der Waals surface area (Å²) >= 11 is 7.71. The van der Waals surface area contributed by atoms with Gasteiger partial charge in [0, 0.05) is 5.02 Å². The van der Waals surface area contributed by atoms with Gasteiger partial charge < -0.3 is 4.98 Å². The first-order valence-corrected chi connectivity index (χ1v) is 9.61. The molecule has 0 aliphatic carbocycles. The van der Waals surface area contributed by atoms with Crippen molar-refractivity contribution in [3.05, 3.63) is 75.6 Å². The zero-order chi connectivity index (χ0) is 19.0. The summed E-state index contributed by atoms with van der Waals surface area (Å²) < 4.78 is 1.87. The Morgan fingerprint density at radius 3 is 2.85 bits per heavy atom. The first kappa shape index (κ1) is 17.8. The molecule has 4 aromatic rings. The predicted molar refractivity (Wildman–Crippen MR) is 108 cm³/mol. The van der Waals surface area contributed by atoms with Crippen molar-refractivity contribution >= 4 is 34.3 Å². The molecule has 0 aliphatic rings. The SMILES string of the molecule is Cc1ccc(-n2cnnc2S[C@@H](C)c2nc3ccccc3c(=O)[nH]2)cc1Cl. The van der Waals surface area contributed by atoms with E-state index >= 15 is 0 Å². The van der Waals surface area contributed by atoms with E-state index in [4.69, 9.17) is 11.6 Å². The molecule has 136 valence electrons. The molecule has 0 saturated carbocycles. The average molecular weight is 398 g/mol. The smallest absolute Gasteiger partial charge is 0.258 e. The van der Waals surface area contributed by atoms with Gasteiger partial charge in [-0.2, -0.15) is 0 Å². The van der Waals surface area contributed by atoms with Gasteiger partial charge in [0.15, 0.2) is 5.16 Å². The quantitative estimate of drug-likeness (QED) is 0.519. The third kappa shape index (κ3) is 3.48. The Morgan fingerprint density at radius 1 is 1.22 bits per heavy atom. The molecule has 0 radical (unpaired) electrons. The number of aryl methyl sites for hydroxylation is 1. The van der Waals surface area contributed by atoms with Gasteiger partial charge in [0.05, 0.1) is 21.8 Å². The number of hydrogen-bond acceptors (Lipinski definition) is 5. The summed E-state index contributed by atoms with van der Waals surface area (Å²) in [6, 6.07) is 13.1. The largest absolute Gasteiger partial charge is 0.309 e. The minimum absolute atomic E-state index is 0.119. The van der Waals surface area contributed by atoms with Crippen molar-refractivity contribution in [3.8, 4) is 5.69 Å². The van der Waals surface area contributed by atoms with Crippen LogP contribution in [0, 0.1) is 6.92 Å². The minimum Gasteiger partial charge on any atom is -0.309 e. The van der Waals surface area contributed by atoms with Gasteiger partial charge in [-0.3, -0.25) is 9.36 Å². The van der Waals surface area contributed by atoms with E-state index in [-0.39, 0.29) is 10.8 Å². The van der Waals surface area contributed by atoms with Crippen LogP contribution in [0.2, 0.25) is 5.02 Å². The Labute approximate surface area is 164 Å². The molecule has 0 amide bonds. The van der Waals surface area contributed by atoms with Crippen LogP contribution in [-0.4, -0.2) is 24.7 Å². The fourth-order valence-electron chi connectivity index (χ4n) is 2.72. The third-order valence-corrected chi connectivity index (χ3v) is 5.72. The lowest BCUT2D eigenvalue weighted by Gasteiger charge is -2.12. The van der Waals surface area contributed by atoms with Crippen LogP contribution in [0.1, 0.15) is 23.6 Å². The molecule has 4 rings (SSSR count). The van der Waals surface area contributed by atoms with E-state index in [0.29, 0.717) is 26.9 Å². The van der Waals surface area contributed by atoms with Crippen LogP contribution in [-0.2, 0) is 0 Å². The second kappa shape index (κ2) is 7.17. The molecule has 8 heteroatoms. The summed E-state index contributed by atoms with van der Waals surface area (Å²) in [5.41, 5.74) is 2.42. The lowest BCUT2D eigenvalue weighted by Crippen LogP contribution is -2.13. The Kier molecular flexibility index (Phi) is 4.72. The number of para-hydroxylation sites is 1. The molecule has 1 N–H and O–H groups in total. The number of nitrogens with zero attached hydrogens (tertiary/aromatic N) is 4. The highest BCUT2D eigenvalue weighted by Crippen LogP contribution is 2.33. The summed E-state index contributed by atoms with van der Waals surface area (Å²) in [4.78, 5) is 19.8. The Hall–Kier alpha value is -2.64. The van der Waals surface area contributed by atoms with Crippen LogP contribution in [0.3, 0.4) is 0 Å². The van der Waals surface area contributed by atoms with Gasteiger partial charge in [-0.25, -0.2) is 4.98 Å². The molecule has 27 heavy (non-hydrogen) atoms. The summed E-state index contributed by atoms with van der Waals surface area (Å²) in [7, 11) is 0. The maximum Gasteiger partial charge on any atom is 0.258 e. The zero-order valence-corrected chi connectivity index (χ0v) is 16.3. The van der Waals surface area contributed by atoms with Gasteiger partial charge >= 0.3 is 0 Å². The van der Waals surface area contributed by atoms with Crippen LogP contribution in [0.4, 0.5) is 0 Å². The lowest BCUT2D eigenvalue weighted by molar-refractivity contribution is 0.861. The Balaban J connectivity index is 1.66. The molecule has 2 aromatic carbocycles. The molecule has 6 nitrogen and oxygen atoms in total. The first-order chi connectivity index (χ1) is 13.0. The molecule has 1 atom stereocenters. The number of aromatic nitrogens is 5. The molecule has 0 bridgehead atoms. The van der Waals surface area contributed by atoms with E-state index in [9.17, 15) is 4.79 Å². The molecule has 0 unspecified atom stereocenters. The summed E-state index contributed by atoms with van der Waals surface area (Å²) in [5.74, 6) is 0.597. The highest BCUT2D eigenvalue weighted by atomic mass is 35.5. The van der Waals surface area contributed by atoms with E-state index < -0.39 is 0 Å². The number of hydrogen-bond donors (Lipinski definition) is 1. The summed E-state index contributed by atoms with van der Waals surface area (Å²) in [6.45, 7) is 3.93. The number of H-pyrrole nitrogens is 1. The number of benzene rings is 2. The van der Waals surface area contributed by atoms with E-state index in [1.165, 1.54) is 11.8 Å². The third-order valence-electron chi connectivity index (χ3n) is 4.25. The minimum atomic E-state index is -0.144. The van der Waals surface area contributed by atoms with Crippen LogP contribution < -0.4 is 5.56 Å². The van der Waals surface area contributed by atoms with Crippen molar-refractivity contribution in [2.24, 2.45) is 0 Å². The van der Waals surface area contributed by atoms with Gasteiger partial charge in [0.2, 0.25) is 0 Å². The topological polar surface area (TPSA) is 76.5 Å². The monoisotopic (exact) mass is 397 g/mol. The fourth-order valence-corrected chi connectivity index (χ4v) is 3.80. The number of aromatic amines is 1. The van der Waals surface area contributed by atoms with Gasteiger partial charge in [0.25, 0.3) is 5.56 Å². The molecule has 0 fully saturated rings. The molecule has 0 spiro atoms. The van der Waals surface area contributed by atoms with Gasteiger partial charge in [-0.15, -0.1) is 10.2 Å². The Morgan fingerprint density at radius 2 is 2.04 bits per heavy atom. The lowest BCUT2D eigenvalue weighted by atomic mass is 10.2. The number of nitrogens with one attached hydrogen (secondary N) is 1. The Bertz CT molecular complexity index is 1190. The van der Waals surface area contributed by atoms with E-state index in [0.717, 1.165) is 11.3 Å². The van der Waals surface area contributed by atoms with Gasteiger partial charge in [0.1, 0.15) is 12.2 Å². The standard InChI is InChI=1S/C19H16ClN5OS/c1-11-7-8-13(9-15(11)20)25-10-21-24-19(25)27-12(2)17-22-16-6-4-3-5-14(16)18(26)23-17/h3-10,12H,1-2H3,(H,22,23,26)/t12-/m0/s1. The molecule has 0 aliphatic heterocycles. The van der Waals surface area contributed by atoms with Crippen molar-refractivity contribution in [2.45, 2.75) is 24.3 Å². The molecule has 0 saturated heterocycles. The van der Waals surface area contributed by atoms with Crippen LogP contribution in [0.15, 0.2) is 58.7 Å². The zero-order valence-electron chi connectivity index (χ0n) is 14.7. The number of fused-ring (bicyclic) bond motifs is 1. The predicted octanol–water partition coefficient (Wildman–Crippen LogP) is 4.32. The van der Waals surface area contributed by atoms with Crippen molar-refractivity contribution in [1.82, 2.24) is 24.7 Å². The van der Waals surface area contributed by atoms with Gasteiger partial charge in [-0.05, 0) is 43.7 Å². The van der Waals surface area contributed by atoms with Crippen molar-refractivity contribution < 1.29 is 0 Å².